The number of carbonyl (C=O) groups excluding carboxylic acids is 3. The number of alkyl carbamates (subject to hydrolysis) is 1. The molecule has 10 nitrogen and oxygen atoms in total. The summed E-state index contributed by atoms with van der Waals surface area (Å²) in [5.41, 5.74) is -0.308. The zero-order valence-electron chi connectivity index (χ0n) is 26.7. The number of carboxylic acid groups (broad SMARTS) is 1. The largest absolute Gasteiger partial charge is 0.477 e. The fraction of sp³-hybridized carbons (Fsp3) is 0.750. The van der Waals surface area contributed by atoms with Crippen molar-refractivity contribution in [2.45, 2.75) is 129 Å². The molecule has 4 rings (SSSR count). The third-order valence-electron chi connectivity index (χ3n) is 8.67. The maximum atomic E-state index is 14.1. The fourth-order valence-electron chi connectivity index (χ4n) is 6.10. The Morgan fingerprint density at radius 2 is 1.56 bits per heavy atom. The van der Waals surface area contributed by atoms with Crippen LogP contribution in [0.4, 0.5) is 15.3 Å². The van der Waals surface area contributed by atoms with Gasteiger partial charge in [-0.15, -0.1) is 11.3 Å². The van der Waals surface area contributed by atoms with Crippen LogP contribution in [0.2, 0.25) is 0 Å². The van der Waals surface area contributed by atoms with Gasteiger partial charge in [-0.1, -0.05) is 27.7 Å². The number of carbonyl (C=O) groups is 4. The Labute approximate surface area is 259 Å². The summed E-state index contributed by atoms with van der Waals surface area (Å²) in [4.78, 5) is 55.7. The van der Waals surface area contributed by atoms with Crippen molar-refractivity contribution in [3.05, 3.63) is 15.8 Å². The van der Waals surface area contributed by atoms with Gasteiger partial charge in [0.15, 0.2) is 0 Å². The van der Waals surface area contributed by atoms with Gasteiger partial charge in [-0.2, -0.15) is 0 Å². The fourth-order valence-corrected chi connectivity index (χ4v) is 7.15. The van der Waals surface area contributed by atoms with Crippen molar-refractivity contribution in [1.29, 1.82) is 0 Å². The molecule has 43 heavy (non-hydrogen) atoms. The van der Waals surface area contributed by atoms with Crippen LogP contribution in [-0.2, 0) is 19.7 Å². The van der Waals surface area contributed by atoms with E-state index in [-0.39, 0.29) is 40.3 Å². The number of nitrogens with one attached hydrogen (secondary N) is 1. The number of anilines is 1. The smallest absolute Gasteiger partial charge is 0.410 e. The Kier molecular flexibility index (Phi) is 10.0. The van der Waals surface area contributed by atoms with Crippen LogP contribution in [0, 0.1) is 11.8 Å². The second kappa shape index (κ2) is 13.0. The van der Waals surface area contributed by atoms with Crippen LogP contribution in [0.5, 0.6) is 0 Å². The number of hydrogen-bond acceptors (Lipinski definition) is 7. The highest BCUT2D eigenvalue weighted by atomic mass is 32.1. The van der Waals surface area contributed by atoms with E-state index in [0.717, 1.165) is 30.6 Å². The number of carboxylic acids is 1. The van der Waals surface area contributed by atoms with E-state index in [2.05, 4.69) is 33.0 Å². The maximum absolute atomic E-state index is 14.1. The van der Waals surface area contributed by atoms with Crippen LogP contribution >= 0.6 is 11.3 Å². The average molecular weight is 620 g/mol. The van der Waals surface area contributed by atoms with Crippen molar-refractivity contribution in [2.75, 3.05) is 18.0 Å². The molecule has 1 saturated heterocycles. The van der Waals surface area contributed by atoms with E-state index in [1.807, 2.05) is 11.0 Å². The van der Waals surface area contributed by atoms with E-state index < -0.39 is 23.8 Å². The molecule has 1 aromatic rings. The van der Waals surface area contributed by atoms with Crippen molar-refractivity contribution in [2.24, 2.45) is 11.8 Å². The van der Waals surface area contributed by atoms with Crippen molar-refractivity contribution < 1.29 is 33.8 Å². The van der Waals surface area contributed by atoms with Crippen LogP contribution in [0.1, 0.15) is 114 Å². The highest BCUT2D eigenvalue weighted by molar-refractivity contribution is 7.14. The minimum Gasteiger partial charge on any atom is -0.477 e. The molecule has 0 atom stereocenters. The van der Waals surface area contributed by atoms with Crippen molar-refractivity contribution in [3.8, 4) is 0 Å². The molecular formula is C32H49N3O7S. The predicted molar refractivity (Wildman–Crippen MR) is 166 cm³/mol. The minimum atomic E-state index is -1.01. The van der Waals surface area contributed by atoms with E-state index in [1.54, 1.807) is 20.8 Å². The number of aromatic carboxylic acids is 1. The Morgan fingerprint density at radius 3 is 2.09 bits per heavy atom. The number of hydrogen-bond donors (Lipinski definition) is 2. The van der Waals surface area contributed by atoms with Gasteiger partial charge in [-0.3, -0.25) is 4.79 Å². The summed E-state index contributed by atoms with van der Waals surface area (Å²) in [6.07, 6.45) is 4.95. The SMILES string of the molecule is CC(C)(C)OC(=O)N1CC(OC(=O)NC2CCC(N(c3cc(C(C)(C)C)sc3C(=O)O)C(=O)[C@H]3CC[C@H](C)CC3)CC2)C1. The molecule has 240 valence electrons. The quantitative estimate of drug-likeness (QED) is 0.369. The van der Waals surface area contributed by atoms with E-state index in [9.17, 15) is 24.3 Å². The zero-order valence-corrected chi connectivity index (χ0v) is 27.6. The van der Waals surface area contributed by atoms with Crippen LogP contribution in [0.3, 0.4) is 0 Å². The lowest BCUT2D eigenvalue weighted by atomic mass is 9.81. The predicted octanol–water partition coefficient (Wildman–Crippen LogP) is 6.56. The van der Waals surface area contributed by atoms with Gasteiger partial charge in [-0.25, -0.2) is 14.4 Å². The van der Waals surface area contributed by atoms with Gasteiger partial charge in [0.05, 0.1) is 18.8 Å². The molecule has 2 heterocycles. The zero-order chi connectivity index (χ0) is 31.7. The first-order chi connectivity index (χ1) is 20.0. The molecule has 0 aromatic carbocycles. The standard InChI is InChI=1S/C32H49N3O7S/c1-19-8-10-20(11-9-19)27(36)35(24-16-25(31(2,3)4)43-26(24)28(37)38)22-14-12-21(13-15-22)33-29(39)41-23-17-34(18-23)30(40)42-32(5,6)7/h16,19-23H,8-15,17-18H2,1-7H3,(H,33,39)(H,37,38)/t19-,20-,21?,22?. The lowest BCUT2D eigenvalue weighted by molar-refractivity contribution is -0.124. The van der Waals surface area contributed by atoms with Gasteiger partial charge in [-0.05, 0) is 89.5 Å². The molecule has 0 bridgehead atoms. The third kappa shape index (κ3) is 8.42. The molecule has 0 spiro atoms. The third-order valence-corrected chi connectivity index (χ3v) is 10.2. The Hall–Kier alpha value is -2.82. The summed E-state index contributed by atoms with van der Waals surface area (Å²) in [7, 11) is 0. The molecule has 11 heteroatoms. The molecule has 0 radical (unpaired) electrons. The molecule has 1 aromatic heterocycles. The highest BCUT2D eigenvalue weighted by Crippen LogP contribution is 2.42. The van der Waals surface area contributed by atoms with E-state index in [4.69, 9.17) is 9.47 Å². The summed E-state index contributed by atoms with van der Waals surface area (Å²) in [6, 6.07) is 1.67. The lowest BCUT2D eigenvalue weighted by Crippen LogP contribution is -2.57. The maximum Gasteiger partial charge on any atom is 0.410 e. The molecule has 3 fully saturated rings. The molecule has 2 aliphatic carbocycles. The monoisotopic (exact) mass is 619 g/mol. The molecule has 3 amide bonds. The first kappa shape index (κ1) is 33.1. The molecule has 2 N–H and O–H groups in total. The van der Waals surface area contributed by atoms with Gasteiger partial charge >= 0.3 is 18.2 Å². The van der Waals surface area contributed by atoms with Crippen molar-refractivity contribution in [3.63, 3.8) is 0 Å². The van der Waals surface area contributed by atoms with Gasteiger partial charge in [0.25, 0.3) is 0 Å². The number of ether oxygens (including phenoxy) is 2. The summed E-state index contributed by atoms with van der Waals surface area (Å²) in [5, 5.41) is 13.1. The Morgan fingerprint density at radius 1 is 0.953 bits per heavy atom. The van der Waals surface area contributed by atoms with E-state index >= 15 is 0 Å². The first-order valence-corrected chi connectivity index (χ1v) is 16.5. The molecule has 1 aliphatic heterocycles. The normalized spacial score (nSPS) is 25.0. The highest BCUT2D eigenvalue weighted by Gasteiger charge is 2.40. The molecular weight excluding hydrogens is 570 g/mol. The van der Waals surface area contributed by atoms with Crippen LogP contribution in [0.15, 0.2) is 6.07 Å². The van der Waals surface area contributed by atoms with Gasteiger partial charge in [0, 0.05) is 22.9 Å². The second-order valence-corrected chi connectivity index (χ2v) is 15.7. The summed E-state index contributed by atoms with van der Waals surface area (Å²) >= 11 is 1.26. The molecule has 2 saturated carbocycles. The Bertz CT molecular complexity index is 1180. The number of rotatable bonds is 6. The van der Waals surface area contributed by atoms with E-state index in [0.29, 0.717) is 50.4 Å². The van der Waals surface area contributed by atoms with Gasteiger partial charge in [0.1, 0.15) is 16.6 Å². The topological polar surface area (TPSA) is 125 Å². The van der Waals surface area contributed by atoms with Crippen LogP contribution in [0.25, 0.3) is 0 Å². The first-order valence-electron chi connectivity index (χ1n) is 15.7. The number of nitrogens with zero attached hydrogens (tertiary/aromatic N) is 2. The summed E-state index contributed by atoms with van der Waals surface area (Å²) in [6.45, 7) is 14.4. The van der Waals surface area contributed by atoms with Crippen molar-refractivity contribution in [1.82, 2.24) is 10.2 Å². The van der Waals surface area contributed by atoms with Gasteiger partial charge in [0.2, 0.25) is 5.91 Å². The molecule has 0 unspecified atom stereocenters. The van der Waals surface area contributed by atoms with Crippen LogP contribution in [-0.4, -0.2) is 70.9 Å². The lowest BCUT2D eigenvalue weighted by Gasteiger charge is -2.40. The minimum absolute atomic E-state index is 0.0306. The summed E-state index contributed by atoms with van der Waals surface area (Å²) in [5.74, 6) is -0.486. The second-order valence-electron chi connectivity index (χ2n) is 14.6. The number of amides is 3. The number of thiophene rings is 1. The van der Waals surface area contributed by atoms with Crippen molar-refractivity contribution >= 4 is 41.1 Å². The average Bonchev–Trinajstić information content (AvgIpc) is 3.32. The van der Waals surface area contributed by atoms with Gasteiger partial charge < -0.3 is 29.7 Å². The summed E-state index contributed by atoms with van der Waals surface area (Å²) < 4.78 is 10.9. The number of likely N-dealkylation sites (tertiary alicyclic amines) is 1. The van der Waals surface area contributed by atoms with E-state index in [1.165, 1.54) is 16.2 Å². The molecule has 3 aliphatic rings. The van der Waals surface area contributed by atoms with Crippen LogP contribution < -0.4 is 10.2 Å². The Balaban J connectivity index is 1.39.